The van der Waals surface area contributed by atoms with E-state index in [1.807, 2.05) is 0 Å². The molecule has 2 fully saturated rings. The van der Waals surface area contributed by atoms with E-state index in [1.54, 1.807) is 6.92 Å². The van der Waals surface area contributed by atoms with Crippen LogP contribution in [0.5, 0.6) is 0 Å². The summed E-state index contributed by atoms with van der Waals surface area (Å²) in [6.45, 7) is 2.38. The number of rotatable bonds is 2. The molecule has 4 unspecified atom stereocenters. The number of fused-ring (bicyclic) bond motifs is 1. The SMILES string of the molecule is Cc1nc(C(=O)NC2C(N)C3CCCOC32)no1. The van der Waals surface area contributed by atoms with Crippen LogP contribution in [0.15, 0.2) is 4.52 Å². The van der Waals surface area contributed by atoms with Crippen LogP contribution in [-0.4, -0.2) is 40.8 Å². The number of ether oxygens (including phenoxy) is 1. The van der Waals surface area contributed by atoms with Gasteiger partial charge in [-0.1, -0.05) is 5.16 Å². The summed E-state index contributed by atoms with van der Waals surface area (Å²) in [6, 6.07) is -0.200. The average molecular weight is 252 g/mol. The third-order valence-electron chi connectivity index (χ3n) is 3.71. The highest BCUT2D eigenvalue weighted by Crippen LogP contribution is 2.36. The van der Waals surface area contributed by atoms with Crippen molar-refractivity contribution >= 4 is 5.91 Å². The molecule has 7 nitrogen and oxygen atoms in total. The molecule has 1 aliphatic heterocycles. The van der Waals surface area contributed by atoms with Crippen LogP contribution in [0.1, 0.15) is 29.4 Å². The summed E-state index contributed by atoms with van der Waals surface area (Å²) in [4.78, 5) is 15.8. The number of hydrogen-bond donors (Lipinski definition) is 2. The molecule has 0 bridgehead atoms. The minimum atomic E-state index is -0.361. The van der Waals surface area contributed by atoms with E-state index in [1.165, 1.54) is 0 Å². The first-order valence-corrected chi connectivity index (χ1v) is 6.15. The number of nitrogens with two attached hydrogens (primary N) is 1. The first kappa shape index (κ1) is 11.6. The molecule has 1 aromatic heterocycles. The van der Waals surface area contributed by atoms with Crippen LogP contribution in [0.3, 0.4) is 0 Å². The number of hydrogen-bond acceptors (Lipinski definition) is 6. The Hall–Kier alpha value is -1.47. The molecule has 1 aliphatic carbocycles. The molecule has 1 saturated carbocycles. The van der Waals surface area contributed by atoms with E-state index in [2.05, 4.69) is 15.5 Å². The molecule has 1 aromatic rings. The summed E-state index contributed by atoms with van der Waals surface area (Å²) < 4.78 is 10.4. The number of amides is 1. The van der Waals surface area contributed by atoms with Gasteiger partial charge >= 0.3 is 0 Å². The fourth-order valence-corrected chi connectivity index (χ4v) is 2.73. The molecule has 1 amide bonds. The molecule has 7 heteroatoms. The highest BCUT2D eigenvalue weighted by atomic mass is 16.5. The van der Waals surface area contributed by atoms with Crippen LogP contribution in [0, 0.1) is 12.8 Å². The maximum atomic E-state index is 11.9. The lowest BCUT2D eigenvalue weighted by atomic mass is 9.68. The molecule has 0 spiro atoms. The van der Waals surface area contributed by atoms with Gasteiger partial charge in [0.1, 0.15) is 0 Å². The van der Waals surface area contributed by atoms with Gasteiger partial charge in [-0.15, -0.1) is 0 Å². The Labute approximate surface area is 104 Å². The number of nitrogens with zero attached hydrogens (tertiary/aromatic N) is 2. The second-order valence-corrected chi connectivity index (χ2v) is 4.86. The van der Waals surface area contributed by atoms with Gasteiger partial charge in [-0.3, -0.25) is 4.79 Å². The molecule has 3 N–H and O–H groups in total. The minimum Gasteiger partial charge on any atom is -0.376 e. The second kappa shape index (κ2) is 4.33. The summed E-state index contributed by atoms with van der Waals surface area (Å²) in [6.07, 6.45) is 2.14. The second-order valence-electron chi connectivity index (χ2n) is 4.86. The summed E-state index contributed by atoms with van der Waals surface area (Å²) in [5.41, 5.74) is 6.05. The molecule has 98 valence electrons. The molecular weight excluding hydrogens is 236 g/mol. The van der Waals surface area contributed by atoms with Crippen LogP contribution >= 0.6 is 0 Å². The van der Waals surface area contributed by atoms with Crippen molar-refractivity contribution in [1.82, 2.24) is 15.5 Å². The standard InChI is InChI=1S/C11H16N4O3/c1-5-13-10(15-18-5)11(16)14-8-7(12)6-3-2-4-17-9(6)8/h6-9H,2-4,12H2,1H3,(H,14,16). The summed E-state index contributed by atoms with van der Waals surface area (Å²) >= 11 is 0. The Morgan fingerprint density at radius 2 is 2.39 bits per heavy atom. The third-order valence-corrected chi connectivity index (χ3v) is 3.71. The molecule has 0 aromatic carbocycles. The minimum absolute atomic E-state index is 0.0331. The van der Waals surface area contributed by atoms with Gasteiger partial charge < -0.3 is 20.3 Å². The maximum absolute atomic E-state index is 11.9. The molecule has 1 saturated heterocycles. The van der Waals surface area contributed by atoms with Crippen molar-refractivity contribution < 1.29 is 14.1 Å². The van der Waals surface area contributed by atoms with Crippen LogP contribution < -0.4 is 11.1 Å². The van der Waals surface area contributed by atoms with Crippen LogP contribution in [-0.2, 0) is 4.74 Å². The highest BCUT2D eigenvalue weighted by molar-refractivity contribution is 5.90. The fraction of sp³-hybridized carbons (Fsp3) is 0.727. The highest BCUT2D eigenvalue weighted by Gasteiger charge is 2.51. The van der Waals surface area contributed by atoms with E-state index < -0.39 is 0 Å². The first-order chi connectivity index (χ1) is 8.66. The first-order valence-electron chi connectivity index (χ1n) is 6.15. The van der Waals surface area contributed by atoms with Gasteiger partial charge in [0, 0.05) is 25.5 Å². The van der Waals surface area contributed by atoms with Gasteiger partial charge in [-0.05, 0) is 12.8 Å². The lowest BCUT2D eigenvalue weighted by Crippen LogP contribution is -2.72. The Bertz CT molecular complexity index is 461. The molecule has 2 aliphatic rings. The van der Waals surface area contributed by atoms with Crippen molar-refractivity contribution in [3.63, 3.8) is 0 Å². The Kier molecular flexibility index (Phi) is 2.79. The van der Waals surface area contributed by atoms with Gasteiger partial charge in [-0.2, -0.15) is 4.98 Å². The summed E-state index contributed by atoms with van der Waals surface area (Å²) in [5, 5.41) is 6.40. The number of carbonyl (C=O) groups is 1. The van der Waals surface area contributed by atoms with Crippen molar-refractivity contribution in [3.8, 4) is 0 Å². The van der Waals surface area contributed by atoms with E-state index in [0.29, 0.717) is 11.8 Å². The average Bonchev–Trinajstić information content (AvgIpc) is 2.82. The van der Waals surface area contributed by atoms with Crippen LogP contribution in [0.4, 0.5) is 0 Å². The summed E-state index contributed by atoms with van der Waals surface area (Å²) in [7, 11) is 0. The lowest BCUT2D eigenvalue weighted by Gasteiger charge is -2.52. The van der Waals surface area contributed by atoms with Crippen molar-refractivity contribution in [3.05, 3.63) is 11.7 Å². The van der Waals surface area contributed by atoms with Crippen LogP contribution in [0.25, 0.3) is 0 Å². The number of aryl methyl sites for hydroxylation is 1. The van der Waals surface area contributed by atoms with Crippen molar-refractivity contribution in [1.29, 1.82) is 0 Å². The quantitative estimate of drug-likeness (QED) is 0.743. The molecule has 4 atom stereocenters. The topological polar surface area (TPSA) is 103 Å². The zero-order valence-corrected chi connectivity index (χ0v) is 10.1. The van der Waals surface area contributed by atoms with Gasteiger partial charge in [0.15, 0.2) is 0 Å². The number of carbonyl (C=O) groups excluding carboxylic acids is 1. The maximum Gasteiger partial charge on any atom is 0.293 e. The van der Waals surface area contributed by atoms with E-state index in [4.69, 9.17) is 15.0 Å². The number of nitrogens with one attached hydrogen (secondary N) is 1. The Morgan fingerprint density at radius 1 is 1.56 bits per heavy atom. The van der Waals surface area contributed by atoms with Crippen molar-refractivity contribution in [2.24, 2.45) is 11.7 Å². The Morgan fingerprint density at radius 3 is 3.11 bits per heavy atom. The van der Waals surface area contributed by atoms with E-state index in [-0.39, 0.29) is 29.9 Å². The molecule has 18 heavy (non-hydrogen) atoms. The van der Waals surface area contributed by atoms with E-state index in [9.17, 15) is 4.79 Å². The largest absolute Gasteiger partial charge is 0.376 e. The zero-order chi connectivity index (χ0) is 12.7. The molecule has 3 rings (SSSR count). The molecule has 0 radical (unpaired) electrons. The normalized spacial score (nSPS) is 34.6. The van der Waals surface area contributed by atoms with Crippen LogP contribution in [0.2, 0.25) is 0 Å². The summed E-state index contributed by atoms with van der Waals surface area (Å²) in [5.74, 6) is 0.403. The monoisotopic (exact) mass is 252 g/mol. The van der Waals surface area contributed by atoms with Gasteiger partial charge in [0.2, 0.25) is 5.89 Å². The predicted octanol–water partition coefficient (Wildman–Crippen LogP) is -0.387. The zero-order valence-electron chi connectivity index (χ0n) is 10.1. The fourth-order valence-electron chi connectivity index (χ4n) is 2.73. The van der Waals surface area contributed by atoms with E-state index >= 15 is 0 Å². The van der Waals surface area contributed by atoms with Crippen molar-refractivity contribution in [2.75, 3.05) is 6.61 Å². The smallest absolute Gasteiger partial charge is 0.293 e. The lowest BCUT2D eigenvalue weighted by molar-refractivity contribution is -0.117. The number of aromatic nitrogens is 2. The Balaban J connectivity index is 1.64. The third kappa shape index (κ3) is 1.79. The molecule has 2 heterocycles. The predicted molar refractivity (Wildman–Crippen MR) is 60.7 cm³/mol. The molecular formula is C11H16N4O3. The van der Waals surface area contributed by atoms with Crippen molar-refractivity contribution in [2.45, 2.75) is 38.0 Å². The van der Waals surface area contributed by atoms with Gasteiger partial charge in [-0.25, -0.2) is 0 Å². The van der Waals surface area contributed by atoms with Gasteiger partial charge in [0.05, 0.1) is 12.1 Å². The van der Waals surface area contributed by atoms with E-state index in [0.717, 1.165) is 19.4 Å². The van der Waals surface area contributed by atoms with Gasteiger partial charge in [0.25, 0.3) is 11.7 Å².